The Morgan fingerprint density at radius 2 is 2.41 bits per heavy atom. The molecule has 3 rings (SSSR count). The molecule has 0 radical (unpaired) electrons. The van der Waals surface area contributed by atoms with Crippen LogP contribution in [-0.4, -0.2) is 40.6 Å². The second-order valence-electron chi connectivity index (χ2n) is 5.84. The number of piperidine rings is 1. The Morgan fingerprint density at radius 1 is 1.55 bits per heavy atom. The molecule has 2 unspecified atom stereocenters. The molecule has 3 heterocycles. The van der Waals surface area contributed by atoms with Crippen LogP contribution < -0.4 is 0 Å². The third-order valence-corrected chi connectivity index (χ3v) is 5.36. The van der Waals surface area contributed by atoms with E-state index < -0.39 is 0 Å². The molecule has 0 saturated carbocycles. The van der Waals surface area contributed by atoms with Gasteiger partial charge in [-0.1, -0.05) is 6.92 Å². The first-order valence-electron chi connectivity index (χ1n) is 7.53. The van der Waals surface area contributed by atoms with Gasteiger partial charge in [0.05, 0.1) is 13.4 Å². The lowest BCUT2D eigenvalue weighted by Gasteiger charge is -2.37. The van der Waals surface area contributed by atoms with Crippen LogP contribution in [0.15, 0.2) is 30.2 Å². The molecular formula is C16H21N3O2S. The zero-order valence-electron chi connectivity index (χ0n) is 12.9. The molecule has 1 aliphatic rings. The molecule has 5 nitrogen and oxygen atoms in total. The van der Waals surface area contributed by atoms with Crippen LogP contribution in [0.3, 0.4) is 0 Å². The molecule has 2 aromatic heterocycles. The van der Waals surface area contributed by atoms with Gasteiger partial charge in [0.25, 0.3) is 0 Å². The fraction of sp³-hybridized carbons (Fsp3) is 0.500. The number of ether oxygens (including phenoxy) is 1. The van der Waals surface area contributed by atoms with E-state index in [0.29, 0.717) is 12.0 Å². The highest BCUT2D eigenvalue weighted by molar-refractivity contribution is 7.12. The zero-order chi connectivity index (χ0) is 15.5. The average molecular weight is 319 g/mol. The van der Waals surface area contributed by atoms with Gasteiger partial charge < -0.3 is 9.30 Å². The van der Waals surface area contributed by atoms with E-state index >= 15 is 0 Å². The lowest BCUT2D eigenvalue weighted by atomic mass is 9.93. The quantitative estimate of drug-likeness (QED) is 0.813. The maximum atomic E-state index is 11.8. The second kappa shape index (κ2) is 6.62. The lowest BCUT2D eigenvalue weighted by Crippen LogP contribution is -2.40. The molecule has 1 fully saturated rings. The maximum Gasteiger partial charge on any atom is 0.348 e. The number of methoxy groups -OCH3 is 1. The summed E-state index contributed by atoms with van der Waals surface area (Å²) in [6.45, 7) is 5.13. The van der Waals surface area contributed by atoms with Crippen molar-refractivity contribution in [3.8, 4) is 0 Å². The molecule has 1 saturated heterocycles. The van der Waals surface area contributed by atoms with Gasteiger partial charge in [-0.15, -0.1) is 11.3 Å². The summed E-state index contributed by atoms with van der Waals surface area (Å²) in [5.41, 5.74) is 1.07. The minimum Gasteiger partial charge on any atom is -0.465 e. The van der Waals surface area contributed by atoms with Crippen molar-refractivity contribution in [1.29, 1.82) is 0 Å². The Hall–Kier alpha value is -1.66. The number of hydrogen-bond acceptors (Lipinski definition) is 5. The van der Waals surface area contributed by atoms with Crippen molar-refractivity contribution in [3.05, 3.63) is 40.6 Å². The van der Waals surface area contributed by atoms with Crippen LogP contribution in [0.4, 0.5) is 0 Å². The molecule has 6 heteroatoms. The standard InChI is InChI=1S/C16H21N3O2S/c1-12-3-6-18(10-14(12)19-7-5-17-11-19)9-13-4-8-22-15(13)16(20)21-2/h4-5,7-8,11-12,14H,3,6,9-10H2,1-2H3. The predicted octanol–water partition coefficient (Wildman–Crippen LogP) is 2.81. The summed E-state index contributed by atoms with van der Waals surface area (Å²) in [6, 6.07) is 2.47. The second-order valence-corrected chi connectivity index (χ2v) is 6.76. The van der Waals surface area contributed by atoms with Crippen LogP contribution in [0.2, 0.25) is 0 Å². The Labute approximate surface area is 134 Å². The number of imidazole rings is 1. The smallest absolute Gasteiger partial charge is 0.348 e. The fourth-order valence-corrected chi connectivity index (χ4v) is 3.92. The summed E-state index contributed by atoms with van der Waals surface area (Å²) >= 11 is 1.45. The van der Waals surface area contributed by atoms with Gasteiger partial charge in [0.2, 0.25) is 0 Å². The molecule has 0 spiro atoms. The van der Waals surface area contributed by atoms with E-state index in [1.807, 2.05) is 30.2 Å². The van der Waals surface area contributed by atoms with E-state index in [-0.39, 0.29) is 5.97 Å². The van der Waals surface area contributed by atoms with Crippen molar-refractivity contribution in [2.24, 2.45) is 5.92 Å². The highest BCUT2D eigenvalue weighted by atomic mass is 32.1. The summed E-state index contributed by atoms with van der Waals surface area (Å²) < 4.78 is 7.06. The largest absolute Gasteiger partial charge is 0.465 e. The number of carbonyl (C=O) groups excluding carboxylic acids is 1. The monoisotopic (exact) mass is 319 g/mol. The molecule has 2 aromatic rings. The molecule has 22 heavy (non-hydrogen) atoms. The minimum absolute atomic E-state index is 0.235. The van der Waals surface area contributed by atoms with E-state index in [1.165, 1.54) is 18.4 Å². The number of nitrogens with zero attached hydrogens (tertiary/aromatic N) is 3. The summed E-state index contributed by atoms with van der Waals surface area (Å²) in [4.78, 5) is 19.1. The Bertz CT molecular complexity index is 623. The van der Waals surface area contributed by atoms with Crippen LogP contribution in [0, 0.1) is 5.92 Å². The van der Waals surface area contributed by atoms with E-state index in [9.17, 15) is 4.79 Å². The third-order valence-electron chi connectivity index (χ3n) is 4.42. The Morgan fingerprint density at radius 3 is 3.14 bits per heavy atom. The third kappa shape index (κ3) is 3.08. The average Bonchev–Trinajstić information content (AvgIpc) is 3.20. The first-order valence-corrected chi connectivity index (χ1v) is 8.41. The minimum atomic E-state index is -0.235. The maximum absolute atomic E-state index is 11.8. The molecule has 2 atom stereocenters. The fourth-order valence-electron chi connectivity index (χ4n) is 3.08. The Balaban J connectivity index is 1.71. The molecule has 118 valence electrons. The molecule has 0 N–H and O–H groups in total. The van der Waals surface area contributed by atoms with Gasteiger partial charge in [0.1, 0.15) is 4.88 Å². The van der Waals surface area contributed by atoms with Crippen LogP contribution in [0.1, 0.15) is 34.6 Å². The highest BCUT2D eigenvalue weighted by Crippen LogP contribution is 2.29. The van der Waals surface area contributed by atoms with Gasteiger partial charge in [-0.05, 0) is 35.9 Å². The number of carbonyl (C=O) groups is 1. The summed E-state index contributed by atoms with van der Waals surface area (Å²) in [7, 11) is 1.43. The van der Waals surface area contributed by atoms with E-state index in [4.69, 9.17) is 4.74 Å². The number of likely N-dealkylation sites (tertiary alicyclic amines) is 1. The van der Waals surface area contributed by atoms with Crippen molar-refractivity contribution in [2.75, 3.05) is 20.2 Å². The van der Waals surface area contributed by atoms with Crippen molar-refractivity contribution < 1.29 is 9.53 Å². The molecule has 0 aliphatic carbocycles. The first kappa shape index (κ1) is 15.2. The molecule has 0 bridgehead atoms. The van der Waals surface area contributed by atoms with Crippen molar-refractivity contribution in [1.82, 2.24) is 14.5 Å². The topological polar surface area (TPSA) is 47.4 Å². The van der Waals surface area contributed by atoms with Gasteiger partial charge in [-0.25, -0.2) is 9.78 Å². The Kier molecular flexibility index (Phi) is 4.59. The number of esters is 1. The van der Waals surface area contributed by atoms with E-state index in [1.54, 1.807) is 0 Å². The normalized spacial score (nSPS) is 22.6. The van der Waals surface area contributed by atoms with Crippen LogP contribution in [0.5, 0.6) is 0 Å². The lowest BCUT2D eigenvalue weighted by molar-refractivity contribution is 0.0602. The van der Waals surface area contributed by atoms with Crippen molar-refractivity contribution in [3.63, 3.8) is 0 Å². The predicted molar refractivity (Wildman–Crippen MR) is 86.0 cm³/mol. The van der Waals surface area contributed by atoms with E-state index in [2.05, 4.69) is 21.4 Å². The summed E-state index contributed by atoms with van der Waals surface area (Å²) in [5, 5.41) is 1.96. The van der Waals surface area contributed by atoms with Crippen LogP contribution in [-0.2, 0) is 11.3 Å². The van der Waals surface area contributed by atoms with Gasteiger partial charge in [0.15, 0.2) is 0 Å². The van der Waals surface area contributed by atoms with Crippen LogP contribution in [0.25, 0.3) is 0 Å². The van der Waals surface area contributed by atoms with Gasteiger partial charge in [-0.3, -0.25) is 4.90 Å². The molecule has 1 aliphatic heterocycles. The van der Waals surface area contributed by atoms with Crippen LogP contribution >= 0.6 is 11.3 Å². The number of aromatic nitrogens is 2. The van der Waals surface area contributed by atoms with Gasteiger partial charge in [0, 0.05) is 31.5 Å². The molecule has 0 aromatic carbocycles. The number of thiophene rings is 1. The molecule has 0 amide bonds. The van der Waals surface area contributed by atoms with Gasteiger partial charge >= 0.3 is 5.97 Å². The van der Waals surface area contributed by atoms with Gasteiger partial charge in [-0.2, -0.15) is 0 Å². The zero-order valence-corrected chi connectivity index (χ0v) is 13.8. The first-order chi connectivity index (χ1) is 10.7. The molecular weight excluding hydrogens is 298 g/mol. The summed E-state index contributed by atoms with van der Waals surface area (Å²) in [5.74, 6) is 0.398. The number of hydrogen-bond donors (Lipinski definition) is 0. The SMILES string of the molecule is COC(=O)c1sccc1CN1CCC(C)C(n2ccnc2)C1. The summed E-state index contributed by atoms with van der Waals surface area (Å²) in [6.07, 6.45) is 6.92. The van der Waals surface area contributed by atoms with Crippen molar-refractivity contribution >= 4 is 17.3 Å². The number of rotatable bonds is 4. The highest BCUT2D eigenvalue weighted by Gasteiger charge is 2.28. The van der Waals surface area contributed by atoms with Crippen molar-refractivity contribution in [2.45, 2.75) is 25.9 Å². The van der Waals surface area contributed by atoms with E-state index in [0.717, 1.165) is 36.5 Å².